The molecule has 1 amide bonds. The summed E-state index contributed by atoms with van der Waals surface area (Å²) in [5, 5.41) is 9.11. The molecule has 0 spiro atoms. The van der Waals surface area contributed by atoms with Crippen molar-refractivity contribution in [2.24, 2.45) is 5.92 Å². The van der Waals surface area contributed by atoms with Gasteiger partial charge in [0.05, 0.1) is 23.0 Å². The Bertz CT molecular complexity index is 1110. The molecule has 1 aliphatic heterocycles. The first-order valence-corrected chi connectivity index (χ1v) is 11.2. The van der Waals surface area contributed by atoms with Crippen LogP contribution in [0, 0.1) is 17.2 Å². The van der Waals surface area contributed by atoms with E-state index in [2.05, 4.69) is 26.5 Å². The molecule has 1 saturated heterocycles. The number of hydrogen-bond acceptors (Lipinski definition) is 4. The molecule has 31 heavy (non-hydrogen) atoms. The highest BCUT2D eigenvalue weighted by Crippen LogP contribution is 2.28. The van der Waals surface area contributed by atoms with E-state index in [4.69, 9.17) is 10.2 Å². The van der Waals surface area contributed by atoms with E-state index < -0.39 is 0 Å². The van der Waals surface area contributed by atoms with Crippen LogP contribution in [0.3, 0.4) is 0 Å². The smallest absolute Gasteiger partial charge is 0.225 e. The average Bonchev–Trinajstić information content (AvgIpc) is 3.48. The van der Waals surface area contributed by atoms with Crippen LogP contribution < -0.4 is 0 Å². The van der Waals surface area contributed by atoms with Crippen molar-refractivity contribution in [3.63, 3.8) is 0 Å². The molecular formula is C25H27N5O. The summed E-state index contributed by atoms with van der Waals surface area (Å²) in [6, 6.07) is 15.9. The summed E-state index contributed by atoms with van der Waals surface area (Å²) in [6.45, 7) is 4.15. The molecule has 0 bridgehead atoms. The third-order valence-electron chi connectivity index (χ3n) is 6.68. The van der Waals surface area contributed by atoms with Crippen LogP contribution in [0.15, 0.2) is 48.7 Å². The number of piperazine rings is 1. The number of aromatic nitrogens is 2. The highest BCUT2D eigenvalue weighted by molar-refractivity contribution is 5.79. The maximum atomic E-state index is 12.8. The fourth-order valence-corrected chi connectivity index (χ4v) is 4.90. The second kappa shape index (κ2) is 8.52. The lowest BCUT2D eigenvalue weighted by Crippen LogP contribution is -2.49. The van der Waals surface area contributed by atoms with E-state index in [-0.39, 0.29) is 5.92 Å². The van der Waals surface area contributed by atoms with Gasteiger partial charge in [0.15, 0.2) is 0 Å². The summed E-state index contributed by atoms with van der Waals surface area (Å²) in [5.74, 6) is 0.624. The minimum atomic E-state index is 0.258. The second-order valence-corrected chi connectivity index (χ2v) is 8.61. The summed E-state index contributed by atoms with van der Waals surface area (Å²) in [4.78, 5) is 22.1. The Morgan fingerprint density at radius 1 is 1.03 bits per heavy atom. The van der Waals surface area contributed by atoms with Gasteiger partial charge in [-0.2, -0.15) is 5.26 Å². The van der Waals surface area contributed by atoms with Gasteiger partial charge in [-0.25, -0.2) is 4.98 Å². The van der Waals surface area contributed by atoms with Gasteiger partial charge in [0, 0.05) is 50.4 Å². The molecule has 5 rings (SSSR count). The van der Waals surface area contributed by atoms with Gasteiger partial charge in [-0.1, -0.05) is 31.0 Å². The number of rotatable bonds is 4. The summed E-state index contributed by atoms with van der Waals surface area (Å²) >= 11 is 0. The normalized spacial score (nSPS) is 17.8. The molecule has 6 heteroatoms. The summed E-state index contributed by atoms with van der Waals surface area (Å²) in [6.07, 6.45) is 6.58. The predicted octanol–water partition coefficient (Wildman–Crippen LogP) is 3.71. The van der Waals surface area contributed by atoms with Crippen LogP contribution in [0.25, 0.3) is 16.9 Å². The number of imidazole rings is 1. The Labute approximate surface area is 182 Å². The van der Waals surface area contributed by atoms with E-state index in [0.717, 1.165) is 68.2 Å². The second-order valence-electron chi connectivity index (χ2n) is 8.61. The Morgan fingerprint density at radius 2 is 1.77 bits per heavy atom. The molecule has 3 aromatic rings. The van der Waals surface area contributed by atoms with Gasteiger partial charge >= 0.3 is 0 Å². The lowest BCUT2D eigenvalue weighted by molar-refractivity contribution is -0.137. The molecule has 1 aliphatic carbocycles. The van der Waals surface area contributed by atoms with Crippen LogP contribution >= 0.6 is 0 Å². The van der Waals surface area contributed by atoms with Gasteiger partial charge in [-0.05, 0) is 37.1 Å². The van der Waals surface area contributed by atoms with Gasteiger partial charge in [-0.3, -0.25) is 9.69 Å². The minimum absolute atomic E-state index is 0.258. The number of carbonyl (C=O) groups is 1. The molecule has 6 nitrogen and oxygen atoms in total. The third kappa shape index (κ3) is 3.94. The summed E-state index contributed by atoms with van der Waals surface area (Å²) in [5.41, 5.74) is 4.70. The zero-order valence-electron chi connectivity index (χ0n) is 17.7. The number of nitriles is 1. The quantitative estimate of drug-likeness (QED) is 0.654. The zero-order valence-corrected chi connectivity index (χ0v) is 17.7. The SMILES string of the molecule is N#Cc1ccc(-c2nc3ccccn3c2CN2CCN(C(=O)C3CCCC3)CC2)cc1. The largest absolute Gasteiger partial charge is 0.340 e. The molecule has 0 atom stereocenters. The summed E-state index contributed by atoms with van der Waals surface area (Å²) < 4.78 is 2.16. The third-order valence-corrected chi connectivity index (χ3v) is 6.68. The van der Waals surface area contributed by atoms with Crippen molar-refractivity contribution in [3.05, 3.63) is 59.9 Å². The van der Waals surface area contributed by atoms with Crippen LogP contribution in [0.2, 0.25) is 0 Å². The van der Waals surface area contributed by atoms with E-state index in [9.17, 15) is 4.79 Å². The molecule has 0 radical (unpaired) electrons. The number of fused-ring (bicyclic) bond motifs is 1. The van der Waals surface area contributed by atoms with E-state index in [0.29, 0.717) is 11.5 Å². The van der Waals surface area contributed by atoms with E-state index >= 15 is 0 Å². The van der Waals surface area contributed by atoms with Crippen molar-refractivity contribution in [2.45, 2.75) is 32.2 Å². The van der Waals surface area contributed by atoms with Crippen molar-refractivity contribution < 1.29 is 4.79 Å². The van der Waals surface area contributed by atoms with Gasteiger partial charge in [0.1, 0.15) is 5.65 Å². The number of benzene rings is 1. The molecule has 158 valence electrons. The molecule has 1 saturated carbocycles. The molecule has 2 aliphatic rings. The Balaban J connectivity index is 1.35. The van der Waals surface area contributed by atoms with Crippen molar-refractivity contribution in [1.82, 2.24) is 19.2 Å². The molecular weight excluding hydrogens is 386 g/mol. The van der Waals surface area contributed by atoms with Crippen molar-refractivity contribution in [3.8, 4) is 17.3 Å². The maximum absolute atomic E-state index is 12.8. The van der Waals surface area contributed by atoms with Crippen LogP contribution in [0.5, 0.6) is 0 Å². The van der Waals surface area contributed by atoms with Crippen LogP contribution in [0.4, 0.5) is 0 Å². The monoisotopic (exact) mass is 413 g/mol. The van der Waals surface area contributed by atoms with Gasteiger partial charge in [0.2, 0.25) is 5.91 Å². The lowest BCUT2D eigenvalue weighted by Gasteiger charge is -2.36. The van der Waals surface area contributed by atoms with Crippen LogP contribution in [-0.4, -0.2) is 51.3 Å². The zero-order chi connectivity index (χ0) is 21.2. The Morgan fingerprint density at radius 3 is 2.48 bits per heavy atom. The average molecular weight is 414 g/mol. The van der Waals surface area contributed by atoms with Crippen molar-refractivity contribution in [2.75, 3.05) is 26.2 Å². The number of hydrogen-bond donors (Lipinski definition) is 0. The topological polar surface area (TPSA) is 64.6 Å². The fraction of sp³-hybridized carbons (Fsp3) is 0.400. The van der Waals surface area contributed by atoms with Gasteiger partial charge in [-0.15, -0.1) is 0 Å². The van der Waals surface area contributed by atoms with E-state index in [1.54, 1.807) is 0 Å². The first-order chi connectivity index (χ1) is 15.2. The number of pyridine rings is 1. The standard InChI is InChI=1S/C25H27N5O/c26-17-19-8-10-20(11-9-19)24-22(30-12-4-3-7-23(30)27-24)18-28-13-15-29(16-14-28)25(31)21-5-1-2-6-21/h3-4,7-12,21H,1-2,5-6,13-16,18H2. The van der Waals surface area contributed by atoms with Crippen molar-refractivity contribution >= 4 is 11.6 Å². The molecule has 2 fully saturated rings. The molecule has 1 aromatic carbocycles. The highest BCUT2D eigenvalue weighted by atomic mass is 16.2. The fourth-order valence-electron chi connectivity index (χ4n) is 4.90. The molecule has 0 unspecified atom stereocenters. The first-order valence-electron chi connectivity index (χ1n) is 11.2. The van der Waals surface area contributed by atoms with Gasteiger partial charge in [0.25, 0.3) is 0 Å². The Kier molecular flexibility index (Phi) is 5.44. The summed E-state index contributed by atoms with van der Waals surface area (Å²) in [7, 11) is 0. The van der Waals surface area contributed by atoms with Crippen molar-refractivity contribution in [1.29, 1.82) is 5.26 Å². The molecule has 3 heterocycles. The number of nitrogens with zero attached hydrogens (tertiary/aromatic N) is 5. The highest BCUT2D eigenvalue weighted by Gasteiger charge is 2.30. The molecule has 2 aromatic heterocycles. The van der Waals surface area contributed by atoms with Crippen LogP contribution in [-0.2, 0) is 11.3 Å². The first kappa shape index (κ1) is 19.8. The van der Waals surface area contributed by atoms with E-state index in [1.807, 2.05) is 42.5 Å². The van der Waals surface area contributed by atoms with E-state index in [1.165, 1.54) is 12.8 Å². The number of amides is 1. The van der Waals surface area contributed by atoms with Crippen LogP contribution in [0.1, 0.15) is 36.9 Å². The predicted molar refractivity (Wildman–Crippen MR) is 119 cm³/mol. The minimum Gasteiger partial charge on any atom is -0.340 e. The van der Waals surface area contributed by atoms with Gasteiger partial charge < -0.3 is 9.30 Å². The Hall–Kier alpha value is -3.17. The molecule has 0 N–H and O–H groups in total. The lowest BCUT2D eigenvalue weighted by atomic mass is 10.1. The number of carbonyl (C=O) groups excluding carboxylic acids is 1. The maximum Gasteiger partial charge on any atom is 0.225 e.